The number of hydrogen-bond donors (Lipinski definition) is 0. The van der Waals surface area contributed by atoms with Gasteiger partial charge in [0, 0.05) is 24.8 Å². The molecule has 1 saturated heterocycles. The van der Waals surface area contributed by atoms with E-state index in [1.165, 1.54) is 22.3 Å². The van der Waals surface area contributed by atoms with Crippen LogP contribution >= 0.6 is 0 Å². The molecule has 2 heterocycles. The van der Waals surface area contributed by atoms with Crippen LogP contribution in [0.1, 0.15) is 42.0 Å². The minimum Gasteiger partial charge on any atom is -0.332 e. The molecule has 0 radical (unpaired) electrons. The monoisotopic (exact) mass is 297 g/mol. The van der Waals surface area contributed by atoms with Gasteiger partial charge in [0.05, 0.1) is 5.54 Å². The van der Waals surface area contributed by atoms with Crippen molar-refractivity contribution in [3.8, 4) is 0 Å². The second-order valence-corrected chi connectivity index (χ2v) is 7.52. The zero-order valence-electron chi connectivity index (χ0n) is 13.6. The Bertz CT molecular complexity index is 680. The fraction of sp³-hybridized carbons (Fsp3) is 0.579. The molecular formula is C19H23NO2. The van der Waals surface area contributed by atoms with Gasteiger partial charge in [0.2, 0.25) is 5.91 Å². The summed E-state index contributed by atoms with van der Waals surface area (Å²) in [6.07, 6.45) is 3.52. The van der Waals surface area contributed by atoms with E-state index in [1.54, 1.807) is 0 Å². The highest BCUT2D eigenvalue weighted by atomic mass is 16.2. The second kappa shape index (κ2) is 4.43. The first-order valence-corrected chi connectivity index (χ1v) is 8.35. The van der Waals surface area contributed by atoms with Crippen LogP contribution in [-0.2, 0) is 21.5 Å². The van der Waals surface area contributed by atoms with E-state index in [0.29, 0.717) is 12.3 Å². The number of carbonyl (C=O) groups excluding carboxylic acids is 2. The average molecular weight is 297 g/mol. The lowest BCUT2D eigenvalue weighted by molar-refractivity contribution is -0.132. The zero-order chi connectivity index (χ0) is 15.6. The molecule has 1 aliphatic carbocycles. The summed E-state index contributed by atoms with van der Waals surface area (Å²) in [6.45, 7) is 7.28. The van der Waals surface area contributed by atoms with Crippen molar-refractivity contribution in [1.29, 1.82) is 0 Å². The van der Waals surface area contributed by atoms with Crippen molar-refractivity contribution in [2.24, 2.45) is 17.8 Å². The van der Waals surface area contributed by atoms with Crippen LogP contribution in [0, 0.1) is 31.6 Å². The first kappa shape index (κ1) is 14.0. The molecule has 1 spiro atoms. The largest absolute Gasteiger partial charge is 0.332 e. The molecular weight excluding hydrogens is 274 g/mol. The molecule has 1 aromatic carbocycles. The molecule has 3 nitrogen and oxygen atoms in total. The van der Waals surface area contributed by atoms with Gasteiger partial charge in [-0.2, -0.15) is 0 Å². The summed E-state index contributed by atoms with van der Waals surface area (Å²) in [5.41, 5.74) is 5.11. The molecule has 0 bridgehead atoms. The Morgan fingerprint density at radius 1 is 1.27 bits per heavy atom. The number of nitrogens with zero attached hydrogens (tertiary/aromatic N) is 1. The SMILES string of the molecule is Cc1cc2c(cc1C)[C@@]13C[C@H](C)[C@@H](C=O)[C@@H]1CC(=O)N3CC2. The van der Waals surface area contributed by atoms with E-state index in [-0.39, 0.29) is 23.3 Å². The minimum absolute atomic E-state index is 0.0153. The summed E-state index contributed by atoms with van der Waals surface area (Å²) >= 11 is 0. The Hall–Kier alpha value is -1.64. The van der Waals surface area contributed by atoms with Crippen molar-refractivity contribution in [3.05, 3.63) is 34.4 Å². The van der Waals surface area contributed by atoms with Crippen molar-refractivity contribution >= 4 is 12.2 Å². The Morgan fingerprint density at radius 2 is 2.00 bits per heavy atom. The Morgan fingerprint density at radius 3 is 2.73 bits per heavy atom. The first-order valence-electron chi connectivity index (χ1n) is 8.35. The predicted molar refractivity (Wildman–Crippen MR) is 84.5 cm³/mol. The van der Waals surface area contributed by atoms with E-state index in [0.717, 1.165) is 25.7 Å². The third-order valence-electron chi connectivity index (χ3n) is 6.49. The number of rotatable bonds is 1. The summed E-state index contributed by atoms with van der Waals surface area (Å²) in [5, 5.41) is 0. The molecule has 1 amide bonds. The van der Waals surface area contributed by atoms with E-state index in [2.05, 4.69) is 37.8 Å². The van der Waals surface area contributed by atoms with Crippen LogP contribution in [0.15, 0.2) is 12.1 Å². The summed E-state index contributed by atoms with van der Waals surface area (Å²) in [7, 11) is 0. The zero-order valence-corrected chi connectivity index (χ0v) is 13.6. The number of aryl methyl sites for hydroxylation is 2. The smallest absolute Gasteiger partial charge is 0.223 e. The van der Waals surface area contributed by atoms with Gasteiger partial charge in [-0.25, -0.2) is 0 Å². The molecule has 4 rings (SSSR count). The van der Waals surface area contributed by atoms with Gasteiger partial charge in [0.1, 0.15) is 6.29 Å². The van der Waals surface area contributed by atoms with Crippen molar-refractivity contribution in [3.63, 3.8) is 0 Å². The van der Waals surface area contributed by atoms with Gasteiger partial charge >= 0.3 is 0 Å². The topological polar surface area (TPSA) is 37.4 Å². The summed E-state index contributed by atoms with van der Waals surface area (Å²) in [6, 6.07) is 4.60. The quantitative estimate of drug-likeness (QED) is 0.748. The lowest BCUT2D eigenvalue weighted by atomic mass is 9.73. The van der Waals surface area contributed by atoms with Gasteiger partial charge in [0.25, 0.3) is 0 Å². The second-order valence-electron chi connectivity index (χ2n) is 7.52. The molecule has 1 aromatic rings. The van der Waals surface area contributed by atoms with Gasteiger partial charge in [-0.05, 0) is 54.9 Å². The van der Waals surface area contributed by atoms with Crippen molar-refractivity contribution < 1.29 is 9.59 Å². The molecule has 2 aliphatic heterocycles. The van der Waals surface area contributed by atoms with E-state index >= 15 is 0 Å². The highest BCUT2D eigenvalue weighted by molar-refractivity contribution is 5.83. The normalized spacial score (nSPS) is 36.0. The number of aldehydes is 1. The maximum atomic E-state index is 12.6. The minimum atomic E-state index is -0.214. The summed E-state index contributed by atoms with van der Waals surface area (Å²) in [4.78, 5) is 26.3. The molecule has 22 heavy (non-hydrogen) atoms. The standard InChI is InChI=1S/C19H23NO2/c1-11-6-14-4-5-20-18(22)8-17-15(10-21)13(3)9-19(17,20)16(14)7-12(11)2/h6-7,10,13,15,17H,4-5,8-9H2,1-3H3/t13-,15+,17-,19-/m0/s1. The van der Waals surface area contributed by atoms with Crippen molar-refractivity contribution in [2.45, 2.75) is 45.6 Å². The highest BCUT2D eigenvalue weighted by Gasteiger charge is 2.63. The van der Waals surface area contributed by atoms with E-state index in [1.807, 2.05) is 0 Å². The summed E-state index contributed by atoms with van der Waals surface area (Å²) < 4.78 is 0. The molecule has 3 aliphatic rings. The highest BCUT2D eigenvalue weighted by Crippen LogP contribution is 2.60. The number of hydrogen-bond acceptors (Lipinski definition) is 2. The van der Waals surface area contributed by atoms with Crippen LogP contribution < -0.4 is 0 Å². The Balaban J connectivity index is 1.96. The maximum absolute atomic E-state index is 12.6. The van der Waals surface area contributed by atoms with Crippen LogP contribution in [0.25, 0.3) is 0 Å². The Labute approximate surface area is 131 Å². The van der Waals surface area contributed by atoms with E-state index in [9.17, 15) is 9.59 Å². The summed E-state index contributed by atoms with van der Waals surface area (Å²) in [5.74, 6) is 0.772. The van der Waals surface area contributed by atoms with Gasteiger partial charge in [-0.15, -0.1) is 0 Å². The van der Waals surface area contributed by atoms with Crippen LogP contribution in [0.3, 0.4) is 0 Å². The molecule has 4 atom stereocenters. The molecule has 116 valence electrons. The van der Waals surface area contributed by atoms with Gasteiger partial charge in [-0.1, -0.05) is 19.1 Å². The maximum Gasteiger partial charge on any atom is 0.223 e. The van der Waals surface area contributed by atoms with Gasteiger partial charge in [-0.3, -0.25) is 4.79 Å². The van der Waals surface area contributed by atoms with Crippen LogP contribution in [0.5, 0.6) is 0 Å². The third kappa shape index (κ3) is 1.52. The molecule has 0 aromatic heterocycles. The first-order chi connectivity index (χ1) is 10.5. The lowest BCUT2D eigenvalue weighted by Crippen LogP contribution is -2.49. The van der Waals surface area contributed by atoms with E-state index in [4.69, 9.17) is 0 Å². The van der Waals surface area contributed by atoms with Crippen LogP contribution in [-0.4, -0.2) is 23.6 Å². The van der Waals surface area contributed by atoms with Crippen molar-refractivity contribution in [2.75, 3.05) is 6.54 Å². The number of carbonyl (C=O) groups is 2. The fourth-order valence-electron chi connectivity index (χ4n) is 5.36. The Kier molecular flexibility index (Phi) is 2.82. The van der Waals surface area contributed by atoms with Crippen molar-refractivity contribution in [1.82, 2.24) is 4.90 Å². The number of fused-ring (bicyclic) bond motifs is 1. The number of benzene rings is 1. The average Bonchev–Trinajstić information content (AvgIpc) is 2.89. The van der Waals surface area contributed by atoms with Crippen LogP contribution in [0.2, 0.25) is 0 Å². The predicted octanol–water partition coefficient (Wildman–Crippen LogP) is 2.76. The molecule has 2 fully saturated rings. The molecule has 0 unspecified atom stereocenters. The van der Waals surface area contributed by atoms with E-state index < -0.39 is 0 Å². The number of amides is 1. The molecule has 3 heteroatoms. The lowest BCUT2D eigenvalue weighted by Gasteiger charge is -2.45. The van der Waals surface area contributed by atoms with Gasteiger partial charge in [0.15, 0.2) is 0 Å². The molecule has 1 saturated carbocycles. The molecule has 0 N–H and O–H groups in total. The third-order valence-corrected chi connectivity index (χ3v) is 6.49. The fourth-order valence-corrected chi connectivity index (χ4v) is 5.36. The van der Waals surface area contributed by atoms with Crippen LogP contribution in [0.4, 0.5) is 0 Å². The van der Waals surface area contributed by atoms with Gasteiger partial charge < -0.3 is 9.69 Å².